The molecule has 8 heteroatoms. The van der Waals surface area contributed by atoms with Gasteiger partial charge in [0.2, 0.25) is 5.43 Å². The standard InChI is InChI=1S/C23H30N4O4/c1-3-5-14-29-22-18-27(30-15-6-4-2)19(16-21(22)28)17-26-23(25-13-12-24)31-20-10-8-7-9-11-20/h7-11,16,18H,3-6,13-15,17H2,1-2H3,(H,25,26). The summed E-state index contributed by atoms with van der Waals surface area (Å²) in [5, 5.41) is 11.9. The van der Waals surface area contributed by atoms with Crippen LogP contribution in [0.25, 0.3) is 0 Å². The van der Waals surface area contributed by atoms with Crippen molar-refractivity contribution in [3.05, 3.63) is 58.5 Å². The van der Waals surface area contributed by atoms with Crippen molar-refractivity contribution in [3.63, 3.8) is 0 Å². The number of hydrogen-bond donors (Lipinski definition) is 1. The first-order valence-electron chi connectivity index (χ1n) is 10.6. The summed E-state index contributed by atoms with van der Waals surface area (Å²) in [5.41, 5.74) is 0.369. The Morgan fingerprint density at radius 3 is 2.61 bits per heavy atom. The summed E-state index contributed by atoms with van der Waals surface area (Å²) in [6.45, 7) is 5.29. The molecule has 0 radical (unpaired) electrons. The van der Waals surface area contributed by atoms with Crippen molar-refractivity contribution in [1.82, 2.24) is 10.0 Å². The molecule has 2 rings (SSSR count). The first-order valence-corrected chi connectivity index (χ1v) is 10.6. The van der Waals surface area contributed by atoms with Gasteiger partial charge in [0.1, 0.15) is 18.9 Å². The molecule has 1 N–H and O–H groups in total. The van der Waals surface area contributed by atoms with E-state index in [4.69, 9.17) is 19.6 Å². The van der Waals surface area contributed by atoms with Gasteiger partial charge in [-0.25, -0.2) is 4.99 Å². The summed E-state index contributed by atoms with van der Waals surface area (Å²) < 4.78 is 12.9. The molecule has 0 unspecified atom stereocenters. The van der Waals surface area contributed by atoms with Crippen LogP contribution in [0.2, 0.25) is 0 Å². The Bertz CT molecular complexity index is 919. The molecular weight excluding hydrogens is 396 g/mol. The van der Waals surface area contributed by atoms with Gasteiger partial charge >= 0.3 is 0 Å². The Morgan fingerprint density at radius 2 is 1.90 bits per heavy atom. The fraction of sp³-hybridized carbons (Fsp3) is 0.435. The molecule has 166 valence electrons. The average Bonchev–Trinajstić information content (AvgIpc) is 2.78. The zero-order valence-electron chi connectivity index (χ0n) is 18.2. The van der Waals surface area contributed by atoms with Crippen molar-refractivity contribution in [3.8, 4) is 17.6 Å². The van der Waals surface area contributed by atoms with Gasteiger partial charge in [0.05, 0.1) is 31.1 Å². The Balaban J connectivity index is 2.17. The molecule has 0 spiro atoms. The predicted molar refractivity (Wildman–Crippen MR) is 119 cm³/mol. The van der Waals surface area contributed by atoms with E-state index in [0.717, 1.165) is 25.7 Å². The molecule has 0 aliphatic rings. The Kier molecular flexibility index (Phi) is 10.5. The number of aromatic nitrogens is 1. The zero-order chi connectivity index (χ0) is 22.3. The Morgan fingerprint density at radius 1 is 1.16 bits per heavy atom. The largest absolute Gasteiger partial charge is 0.488 e. The quantitative estimate of drug-likeness (QED) is 0.242. The molecule has 0 saturated carbocycles. The van der Waals surface area contributed by atoms with Crippen LogP contribution in [-0.4, -0.2) is 30.5 Å². The van der Waals surface area contributed by atoms with Gasteiger partial charge in [0.15, 0.2) is 5.75 Å². The molecule has 0 fully saturated rings. The summed E-state index contributed by atoms with van der Waals surface area (Å²) in [4.78, 5) is 22.5. The van der Waals surface area contributed by atoms with Gasteiger partial charge in [-0.15, -0.1) is 0 Å². The first kappa shape index (κ1) is 23.8. The van der Waals surface area contributed by atoms with Gasteiger partial charge in [-0.2, -0.15) is 9.99 Å². The minimum atomic E-state index is -0.220. The summed E-state index contributed by atoms with van der Waals surface area (Å²) in [6, 6.07) is 12.8. The van der Waals surface area contributed by atoms with Gasteiger partial charge in [-0.3, -0.25) is 4.79 Å². The first-order chi connectivity index (χ1) is 15.2. The lowest BCUT2D eigenvalue weighted by atomic mass is 10.3. The average molecular weight is 427 g/mol. The summed E-state index contributed by atoms with van der Waals surface area (Å²) in [6.07, 6.45) is 5.31. The van der Waals surface area contributed by atoms with Crippen molar-refractivity contribution in [1.29, 1.82) is 5.26 Å². The van der Waals surface area contributed by atoms with Gasteiger partial charge in [0, 0.05) is 6.07 Å². The van der Waals surface area contributed by atoms with E-state index >= 15 is 0 Å². The lowest BCUT2D eigenvalue weighted by molar-refractivity contribution is 0.0965. The number of para-hydroxylation sites is 1. The highest BCUT2D eigenvalue weighted by Crippen LogP contribution is 2.10. The predicted octanol–water partition coefficient (Wildman–Crippen LogP) is 3.30. The van der Waals surface area contributed by atoms with E-state index in [1.54, 1.807) is 23.1 Å². The van der Waals surface area contributed by atoms with Crippen LogP contribution in [0.1, 0.15) is 45.2 Å². The molecule has 8 nitrogen and oxygen atoms in total. The summed E-state index contributed by atoms with van der Waals surface area (Å²) in [5.74, 6) is 0.843. The molecule has 1 heterocycles. The smallest absolute Gasteiger partial charge is 0.291 e. The maximum Gasteiger partial charge on any atom is 0.291 e. The van der Waals surface area contributed by atoms with Crippen molar-refractivity contribution >= 4 is 6.02 Å². The SMILES string of the molecule is CCCCOc1cn(OCCCC)c(CN/C(=N\CC#N)Oc2ccccc2)cc1=O. The second-order valence-corrected chi connectivity index (χ2v) is 6.76. The number of nitrogens with zero attached hydrogens (tertiary/aromatic N) is 3. The number of rotatable bonds is 12. The third kappa shape index (κ3) is 8.42. The lowest BCUT2D eigenvalue weighted by Crippen LogP contribution is -2.32. The van der Waals surface area contributed by atoms with Crippen molar-refractivity contribution in [2.75, 3.05) is 19.8 Å². The van der Waals surface area contributed by atoms with E-state index in [1.165, 1.54) is 6.07 Å². The van der Waals surface area contributed by atoms with E-state index in [2.05, 4.69) is 24.2 Å². The molecule has 31 heavy (non-hydrogen) atoms. The number of pyridine rings is 1. The minimum Gasteiger partial charge on any atom is -0.488 e. The van der Waals surface area contributed by atoms with Crippen LogP contribution in [0.15, 0.2) is 52.4 Å². The number of ether oxygens (including phenoxy) is 2. The molecule has 0 amide bonds. The molecule has 0 aliphatic carbocycles. The van der Waals surface area contributed by atoms with Crippen LogP contribution < -0.4 is 25.1 Å². The fourth-order valence-electron chi connectivity index (χ4n) is 2.53. The number of nitrogens with one attached hydrogen (secondary N) is 1. The van der Waals surface area contributed by atoms with Gasteiger partial charge in [-0.1, -0.05) is 44.9 Å². The highest BCUT2D eigenvalue weighted by atomic mass is 16.7. The third-order valence-electron chi connectivity index (χ3n) is 4.21. The van der Waals surface area contributed by atoms with Crippen LogP contribution in [0.3, 0.4) is 0 Å². The number of benzene rings is 1. The highest BCUT2D eigenvalue weighted by molar-refractivity contribution is 5.76. The van der Waals surface area contributed by atoms with Crippen molar-refractivity contribution in [2.24, 2.45) is 4.99 Å². The lowest BCUT2D eigenvalue weighted by Gasteiger charge is -2.17. The van der Waals surface area contributed by atoms with E-state index < -0.39 is 0 Å². The maximum absolute atomic E-state index is 12.5. The molecule has 0 atom stereocenters. The van der Waals surface area contributed by atoms with Crippen LogP contribution in [0.4, 0.5) is 0 Å². The molecule has 1 aromatic carbocycles. The third-order valence-corrected chi connectivity index (χ3v) is 4.21. The molecule has 2 aromatic rings. The fourth-order valence-corrected chi connectivity index (χ4v) is 2.53. The molecular formula is C23H30N4O4. The van der Waals surface area contributed by atoms with E-state index in [9.17, 15) is 4.79 Å². The van der Waals surface area contributed by atoms with Crippen molar-refractivity contribution < 1.29 is 14.3 Å². The van der Waals surface area contributed by atoms with E-state index in [0.29, 0.717) is 24.7 Å². The van der Waals surface area contributed by atoms with Crippen LogP contribution in [0.5, 0.6) is 11.5 Å². The second-order valence-electron chi connectivity index (χ2n) is 6.76. The number of nitriles is 1. The number of hydrogen-bond acceptors (Lipinski definition) is 6. The monoisotopic (exact) mass is 426 g/mol. The highest BCUT2D eigenvalue weighted by Gasteiger charge is 2.11. The zero-order valence-corrected chi connectivity index (χ0v) is 18.2. The van der Waals surface area contributed by atoms with E-state index in [-0.39, 0.29) is 30.3 Å². The topological polar surface area (TPSA) is 97.9 Å². The molecule has 0 bridgehead atoms. The molecule has 1 aromatic heterocycles. The van der Waals surface area contributed by atoms with Crippen molar-refractivity contribution in [2.45, 2.75) is 46.1 Å². The van der Waals surface area contributed by atoms with E-state index in [1.807, 2.05) is 24.3 Å². The summed E-state index contributed by atoms with van der Waals surface area (Å²) >= 11 is 0. The normalized spacial score (nSPS) is 10.9. The second kappa shape index (κ2) is 13.7. The Hall–Kier alpha value is -3.47. The molecule has 0 aliphatic heterocycles. The van der Waals surface area contributed by atoms with Crippen LogP contribution in [-0.2, 0) is 6.54 Å². The minimum absolute atomic E-state index is 0.0564. The number of unbranched alkanes of at least 4 members (excludes halogenated alkanes) is 2. The Labute approximate surface area is 183 Å². The van der Waals surface area contributed by atoms with Crippen LogP contribution in [0, 0.1) is 11.3 Å². The van der Waals surface area contributed by atoms with Gasteiger partial charge in [0.25, 0.3) is 6.02 Å². The maximum atomic E-state index is 12.5. The number of amidine groups is 1. The number of aliphatic imine (C=N–C) groups is 1. The molecule has 0 saturated heterocycles. The van der Waals surface area contributed by atoms with Gasteiger partial charge < -0.3 is 19.6 Å². The van der Waals surface area contributed by atoms with Gasteiger partial charge in [-0.05, 0) is 25.0 Å². The van der Waals surface area contributed by atoms with Crippen LogP contribution >= 0.6 is 0 Å². The summed E-state index contributed by atoms with van der Waals surface area (Å²) in [7, 11) is 0.